The van der Waals surface area contributed by atoms with Gasteiger partial charge >= 0.3 is 5.97 Å². The van der Waals surface area contributed by atoms with Crippen molar-refractivity contribution in [2.75, 3.05) is 13.2 Å². The molecule has 0 unspecified atom stereocenters. The molecule has 0 N–H and O–H groups in total. The molecular formula is C21H18BrNO4. The molecule has 6 heteroatoms. The van der Waals surface area contributed by atoms with Gasteiger partial charge in [-0.3, -0.25) is 0 Å². The molecule has 1 aliphatic heterocycles. The number of hydrogen-bond donors (Lipinski definition) is 0. The maximum atomic E-state index is 12.2. The molecule has 0 amide bonds. The van der Waals surface area contributed by atoms with E-state index in [-0.39, 0.29) is 11.6 Å². The lowest BCUT2D eigenvalue weighted by Gasteiger charge is -2.11. The van der Waals surface area contributed by atoms with Crippen LogP contribution in [0.4, 0.5) is 0 Å². The molecule has 0 aliphatic carbocycles. The molecule has 0 bridgehead atoms. The third kappa shape index (κ3) is 4.65. The molecule has 2 aromatic carbocycles. The number of carbonyl (C=O) groups excluding carboxylic acids is 1. The van der Waals surface area contributed by atoms with Gasteiger partial charge in [0.15, 0.2) is 17.2 Å². The van der Waals surface area contributed by atoms with Gasteiger partial charge in [-0.05, 0) is 48.9 Å². The number of ether oxygens (including phenoxy) is 3. The molecule has 27 heavy (non-hydrogen) atoms. The van der Waals surface area contributed by atoms with Crippen molar-refractivity contribution in [2.45, 2.75) is 6.92 Å². The van der Waals surface area contributed by atoms with Crippen molar-refractivity contribution >= 4 is 33.9 Å². The third-order valence-corrected chi connectivity index (χ3v) is 4.11. The first-order chi connectivity index (χ1) is 13.1. The Morgan fingerprint density at radius 2 is 2.04 bits per heavy atom. The van der Waals surface area contributed by atoms with E-state index in [1.807, 2.05) is 37.3 Å². The van der Waals surface area contributed by atoms with Crippen molar-refractivity contribution in [3.8, 4) is 11.5 Å². The predicted molar refractivity (Wildman–Crippen MR) is 108 cm³/mol. The molecule has 0 atom stereocenters. The summed E-state index contributed by atoms with van der Waals surface area (Å²) >= 11 is 3.40. The zero-order valence-corrected chi connectivity index (χ0v) is 16.4. The van der Waals surface area contributed by atoms with Crippen LogP contribution >= 0.6 is 15.9 Å². The van der Waals surface area contributed by atoms with Gasteiger partial charge in [0, 0.05) is 10.0 Å². The molecule has 0 radical (unpaired) electrons. The van der Waals surface area contributed by atoms with Crippen LogP contribution in [0.2, 0.25) is 0 Å². The second-order valence-electron chi connectivity index (χ2n) is 5.59. The zero-order valence-electron chi connectivity index (χ0n) is 14.8. The number of nitrogens with zero attached hydrogens (tertiary/aromatic N) is 1. The Bertz CT molecular complexity index is 934. The van der Waals surface area contributed by atoms with Gasteiger partial charge in [-0.25, -0.2) is 9.79 Å². The summed E-state index contributed by atoms with van der Waals surface area (Å²) in [5.41, 5.74) is 1.71. The number of aliphatic imine (C=N–C) groups is 1. The summed E-state index contributed by atoms with van der Waals surface area (Å²) in [5.74, 6) is 1.00. The lowest BCUT2D eigenvalue weighted by molar-refractivity contribution is -0.129. The summed E-state index contributed by atoms with van der Waals surface area (Å²) in [6.07, 6.45) is 3.32. The van der Waals surface area contributed by atoms with E-state index < -0.39 is 5.97 Å². The zero-order chi connectivity index (χ0) is 19.2. The first-order valence-electron chi connectivity index (χ1n) is 8.39. The fourth-order valence-electron chi connectivity index (χ4n) is 2.46. The molecule has 0 fully saturated rings. The number of rotatable bonds is 7. The number of halogens is 1. The molecule has 5 nitrogen and oxygen atoms in total. The summed E-state index contributed by atoms with van der Waals surface area (Å²) in [6.45, 7) is 6.41. The van der Waals surface area contributed by atoms with Gasteiger partial charge in [0.1, 0.15) is 6.61 Å². The van der Waals surface area contributed by atoms with Crippen LogP contribution in [-0.2, 0) is 9.53 Å². The molecule has 3 rings (SSSR count). The van der Waals surface area contributed by atoms with E-state index in [9.17, 15) is 4.79 Å². The Labute approximate surface area is 166 Å². The Morgan fingerprint density at radius 1 is 1.19 bits per heavy atom. The van der Waals surface area contributed by atoms with E-state index in [1.165, 1.54) is 0 Å². The van der Waals surface area contributed by atoms with Crippen molar-refractivity contribution in [3.63, 3.8) is 0 Å². The third-order valence-electron chi connectivity index (χ3n) is 3.62. The number of hydrogen-bond acceptors (Lipinski definition) is 5. The van der Waals surface area contributed by atoms with Crippen LogP contribution in [-0.4, -0.2) is 25.1 Å². The number of benzene rings is 2. The van der Waals surface area contributed by atoms with Crippen LogP contribution in [0.3, 0.4) is 0 Å². The fraction of sp³-hybridized carbons (Fsp3) is 0.143. The van der Waals surface area contributed by atoms with Crippen LogP contribution in [0.25, 0.3) is 6.08 Å². The monoisotopic (exact) mass is 427 g/mol. The molecule has 0 aromatic heterocycles. The highest BCUT2D eigenvalue weighted by atomic mass is 79.9. The molecule has 1 heterocycles. The Hall–Kier alpha value is -2.86. The highest BCUT2D eigenvalue weighted by Gasteiger charge is 2.24. The molecule has 2 aromatic rings. The molecule has 0 saturated heterocycles. The standard InChI is InChI=1S/C21H18BrNO4/c1-3-10-26-18-9-8-14(12-19(18)25-4-2)11-17-21(24)27-20(23-17)15-6-5-7-16(22)13-15/h3,5-9,11-13H,1,4,10H2,2H3/b17-11-. The van der Waals surface area contributed by atoms with E-state index in [0.29, 0.717) is 24.7 Å². The Balaban J connectivity index is 1.90. The molecule has 138 valence electrons. The first-order valence-corrected chi connectivity index (χ1v) is 9.19. The molecular weight excluding hydrogens is 410 g/mol. The van der Waals surface area contributed by atoms with Crippen molar-refractivity contribution in [1.82, 2.24) is 0 Å². The lowest BCUT2D eigenvalue weighted by atomic mass is 10.1. The van der Waals surface area contributed by atoms with Gasteiger partial charge in [-0.15, -0.1) is 0 Å². The second kappa shape index (κ2) is 8.68. The summed E-state index contributed by atoms with van der Waals surface area (Å²) < 4.78 is 17.4. The van der Waals surface area contributed by atoms with Gasteiger partial charge < -0.3 is 14.2 Å². The quantitative estimate of drug-likeness (QED) is 0.363. The highest BCUT2D eigenvalue weighted by Crippen LogP contribution is 2.30. The van der Waals surface area contributed by atoms with Gasteiger partial charge in [0.05, 0.1) is 6.61 Å². The smallest absolute Gasteiger partial charge is 0.363 e. The van der Waals surface area contributed by atoms with Crippen molar-refractivity contribution in [1.29, 1.82) is 0 Å². The van der Waals surface area contributed by atoms with Crippen LogP contribution in [0, 0.1) is 0 Å². The number of cyclic esters (lactones) is 1. The maximum absolute atomic E-state index is 12.2. The normalized spacial score (nSPS) is 14.7. The largest absolute Gasteiger partial charge is 0.490 e. The van der Waals surface area contributed by atoms with E-state index in [4.69, 9.17) is 14.2 Å². The predicted octanol–water partition coefficient (Wildman–Crippen LogP) is 4.76. The summed E-state index contributed by atoms with van der Waals surface area (Å²) in [5, 5.41) is 0. The highest BCUT2D eigenvalue weighted by molar-refractivity contribution is 9.10. The van der Waals surface area contributed by atoms with Crippen molar-refractivity contribution < 1.29 is 19.0 Å². The van der Waals surface area contributed by atoms with E-state index in [1.54, 1.807) is 24.3 Å². The average Bonchev–Trinajstić information content (AvgIpc) is 3.02. The number of esters is 1. The van der Waals surface area contributed by atoms with Gasteiger partial charge in [-0.2, -0.15) is 0 Å². The maximum Gasteiger partial charge on any atom is 0.363 e. The van der Waals surface area contributed by atoms with E-state index in [0.717, 1.165) is 15.6 Å². The van der Waals surface area contributed by atoms with Crippen molar-refractivity contribution in [3.05, 3.63) is 76.4 Å². The fourth-order valence-corrected chi connectivity index (χ4v) is 2.86. The van der Waals surface area contributed by atoms with E-state index >= 15 is 0 Å². The summed E-state index contributed by atoms with van der Waals surface area (Å²) in [7, 11) is 0. The first kappa shape index (κ1) is 18.9. The van der Waals surface area contributed by atoms with Crippen LogP contribution < -0.4 is 9.47 Å². The van der Waals surface area contributed by atoms with Crippen LogP contribution in [0.15, 0.2) is 70.3 Å². The molecule has 1 aliphatic rings. The van der Waals surface area contributed by atoms with Crippen molar-refractivity contribution in [2.24, 2.45) is 4.99 Å². The van der Waals surface area contributed by atoms with Crippen LogP contribution in [0.1, 0.15) is 18.1 Å². The minimum absolute atomic E-state index is 0.229. The lowest BCUT2D eigenvalue weighted by Crippen LogP contribution is -2.05. The average molecular weight is 428 g/mol. The minimum Gasteiger partial charge on any atom is -0.490 e. The number of carbonyl (C=O) groups is 1. The van der Waals surface area contributed by atoms with Gasteiger partial charge in [-0.1, -0.05) is 40.7 Å². The van der Waals surface area contributed by atoms with Crippen LogP contribution in [0.5, 0.6) is 11.5 Å². The molecule has 0 saturated carbocycles. The Morgan fingerprint density at radius 3 is 2.78 bits per heavy atom. The van der Waals surface area contributed by atoms with E-state index in [2.05, 4.69) is 27.5 Å². The Kier molecular flexibility index (Phi) is 6.08. The summed E-state index contributed by atoms with van der Waals surface area (Å²) in [4.78, 5) is 16.5. The van der Waals surface area contributed by atoms with Gasteiger partial charge in [0.2, 0.25) is 5.90 Å². The second-order valence-corrected chi connectivity index (χ2v) is 6.50. The SMILES string of the molecule is C=CCOc1ccc(/C=C2\N=C(c3cccc(Br)c3)OC2=O)cc1OCC. The minimum atomic E-state index is -0.491. The van der Waals surface area contributed by atoms with Gasteiger partial charge in [0.25, 0.3) is 0 Å². The summed E-state index contributed by atoms with van der Waals surface area (Å²) in [6, 6.07) is 12.8. The topological polar surface area (TPSA) is 57.1 Å². The molecule has 0 spiro atoms.